The van der Waals surface area contributed by atoms with Crippen LogP contribution in [0.1, 0.15) is 28.5 Å². The van der Waals surface area contributed by atoms with Crippen LogP contribution in [0.4, 0.5) is 0 Å². The van der Waals surface area contributed by atoms with E-state index >= 15 is 0 Å². The molecule has 0 bridgehead atoms. The SMILES string of the molecule is CCNC(=NCCc1ccccn1)NCCNC(=O)c1cccc(C)c1. The van der Waals surface area contributed by atoms with Crippen LogP contribution in [-0.4, -0.2) is 43.0 Å². The normalized spacial score (nSPS) is 11.1. The number of pyridine rings is 1. The fraction of sp³-hybridized carbons (Fsp3) is 0.350. The zero-order valence-corrected chi connectivity index (χ0v) is 15.5. The van der Waals surface area contributed by atoms with Crippen molar-refractivity contribution in [2.75, 3.05) is 26.2 Å². The van der Waals surface area contributed by atoms with Crippen LogP contribution in [0, 0.1) is 6.92 Å². The van der Waals surface area contributed by atoms with Gasteiger partial charge in [-0.25, -0.2) is 0 Å². The first-order valence-corrected chi connectivity index (χ1v) is 8.96. The second-order valence-corrected chi connectivity index (χ2v) is 5.88. The molecule has 1 amide bonds. The molecule has 0 aliphatic heterocycles. The van der Waals surface area contributed by atoms with Crippen molar-refractivity contribution in [1.82, 2.24) is 20.9 Å². The zero-order chi connectivity index (χ0) is 18.6. The van der Waals surface area contributed by atoms with Gasteiger partial charge in [0.15, 0.2) is 5.96 Å². The molecular formula is C20H27N5O. The Labute approximate surface area is 155 Å². The van der Waals surface area contributed by atoms with Gasteiger partial charge in [0.2, 0.25) is 0 Å². The molecule has 1 heterocycles. The third-order valence-electron chi connectivity index (χ3n) is 3.69. The summed E-state index contributed by atoms with van der Waals surface area (Å²) in [6.07, 6.45) is 2.58. The van der Waals surface area contributed by atoms with Gasteiger partial charge in [-0.3, -0.25) is 14.8 Å². The maximum atomic E-state index is 12.1. The number of aromatic nitrogens is 1. The van der Waals surface area contributed by atoms with Gasteiger partial charge in [-0.2, -0.15) is 0 Å². The van der Waals surface area contributed by atoms with Crippen LogP contribution < -0.4 is 16.0 Å². The highest BCUT2D eigenvalue weighted by Crippen LogP contribution is 2.03. The lowest BCUT2D eigenvalue weighted by molar-refractivity contribution is 0.0954. The molecule has 0 aliphatic rings. The predicted octanol–water partition coefficient (Wildman–Crippen LogP) is 1.92. The number of hydrogen-bond donors (Lipinski definition) is 3. The number of aliphatic imine (C=N–C) groups is 1. The molecule has 2 rings (SSSR count). The van der Waals surface area contributed by atoms with Gasteiger partial charge in [-0.1, -0.05) is 23.8 Å². The number of benzene rings is 1. The molecule has 0 radical (unpaired) electrons. The van der Waals surface area contributed by atoms with Gasteiger partial charge >= 0.3 is 0 Å². The van der Waals surface area contributed by atoms with Crippen molar-refractivity contribution >= 4 is 11.9 Å². The van der Waals surface area contributed by atoms with E-state index < -0.39 is 0 Å². The zero-order valence-electron chi connectivity index (χ0n) is 15.5. The first kappa shape index (κ1) is 19.4. The van der Waals surface area contributed by atoms with Crippen LogP contribution in [0.15, 0.2) is 53.7 Å². The van der Waals surface area contributed by atoms with Gasteiger partial charge in [-0.15, -0.1) is 0 Å². The molecule has 1 aromatic heterocycles. The second-order valence-electron chi connectivity index (χ2n) is 5.88. The first-order valence-electron chi connectivity index (χ1n) is 8.96. The minimum Gasteiger partial charge on any atom is -0.357 e. The molecule has 0 saturated heterocycles. The van der Waals surface area contributed by atoms with E-state index in [1.165, 1.54) is 0 Å². The molecule has 0 atom stereocenters. The number of nitrogens with zero attached hydrogens (tertiary/aromatic N) is 2. The van der Waals surface area contributed by atoms with Crippen LogP contribution in [0.2, 0.25) is 0 Å². The molecule has 6 heteroatoms. The van der Waals surface area contributed by atoms with Crippen LogP contribution in [0.3, 0.4) is 0 Å². The molecular weight excluding hydrogens is 326 g/mol. The van der Waals surface area contributed by atoms with Crippen molar-refractivity contribution < 1.29 is 4.79 Å². The number of nitrogens with one attached hydrogen (secondary N) is 3. The molecule has 0 fully saturated rings. The topological polar surface area (TPSA) is 78.4 Å². The summed E-state index contributed by atoms with van der Waals surface area (Å²) in [7, 11) is 0. The third-order valence-corrected chi connectivity index (χ3v) is 3.69. The Hall–Kier alpha value is -2.89. The quantitative estimate of drug-likeness (QED) is 0.385. The third kappa shape index (κ3) is 6.93. The summed E-state index contributed by atoms with van der Waals surface area (Å²) in [6.45, 7) is 6.56. The monoisotopic (exact) mass is 353 g/mol. The molecule has 6 nitrogen and oxygen atoms in total. The highest BCUT2D eigenvalue weighted by Gasteiger charge is 2.04. The number of guanidine groups is 1. The van der Waals surface area contributed by atoms with Crippen LogP contribution in [0.25, 0.3) is 0 Å². The van der Waals surface area contributed by atoms with E-state index in [1.54, 1.807) is 6.20 Å². The number of carbonyl (C=O) groups excluding carboxylic acids is 1. The fourth-order valence-corrected chi connectivity index (χ4v) is 2.42. The van der Waals surface area contributed by atoms with E-state index in [1.807, 2.05) is 56.3 Å². The average Bonchev–Trinajstić information content (AvgIpc) is 2.66. The minimum atomic E-state index is -0.0624. The van der Waals surface area contributed by atoms with E-state index in [4.69, 9.17) is 0 Å². The van der Waals surface area contributed by atoms with E-state index in [2.05, 4.69) is 25.9 Å². The molecule has 1 aromatic carbocycles. The van der Waals surface area contributed by atoms with Crippen molar-refractivity contribution in [1.29, 1.82) is 0 Å². The van der Waals surface area contributed by atoms with Crippen molar-refractivity contribution in [2.24, 2.45) is 4.99 Å². The highest BCUT2D eigenvalue weighted by atomic mass is 16.1. The number of aryl methyl sites for hydroxylation is 1. The van der Waals surface area contributed by atoms with Crippen molar-refractivity contribution in [3.8, 4) is 0 Å². The number of amides is 1. The van der Waals surface area contributed by atoms with E-state index in [9.17, 15) is 4.79 Å². The summed E-state index contributed by atoms with van der Waals surface area (Å²) in [4.78, 5) is 20.9. The van der Waals surface area contributed by atoms with Gasteiger partial charge < -0.3 is 16.0 Å². The van der Waals surface area contributed by atoms with E-state index in [0.29, 0.717) is 25.2 Å². The van der Waals surface area contributed by atoms with Gasteiger partial charge in [0, 0.05) is 50.1 Å². The lowest BCUT2D eigenvalue weighted by Crippen LogP contribution is -2.41. The summed E-state index contributed by atoms with van der Waals surface area (Å²) >= 11 is 0. The Balaban J connectivity index is 1.73. The molecule has 138 valence electrons. The van der Waals surface area contributed by atoms with Crippen molar-refractivity contribution in [3.05, 3.63) is 65.5 Å². The maximum absolute atomic E-state index is 12.1. The van der Waals surface area contributed by atoms with Crippen LogP contribution in [-0.2, 0) is 6.42 Å². The van der Waals surface area contributed by atoms with Crippen molar-refractivity contribution in [3.63, 3.8) is 0 Å². The molecule has 0 aliphatic carbocycles. The summed E-state index contributed by atoms with van der Waals surface area (Å²) in [5.74, 6) is 0.681. The summed E-state index contributed by atoms with van der Waals surface area (Å²) < 4.78 is 0. The van der Waals surface area contributed by atoms with Crippen molar-refractivity contribution in [2.45, 2.75) is 20.3 Å². The molecule has 0 saturated carbocycles. The standard InChI is InChI=1S/C20H27N5O/c1-3-21-20(24-12-10-18-9-4-5-11-22-18)25-14-13-23-19(26)17-8-6-7-16(2)15-17/h4-9,11,15H,3,10,12-14H2,1-2H3,(H,23,26)(H2,21,24,25). The lowest BCUT2D eigenvalue weighted by atomic mass is 10.1. The van der Waals surface area contributed by atoms with Crippen LogP contribution in [0.5, 0.6) is 0 Å². The second kappa shape index (κ2) is 10.9. The Morgan fingerprint density at radius 1 is 1.08 bits per heavy atom. The Bertz CT molecular complexity index is 715. The Morgan fingerprint density at radius 3 is 2.65 bits per heavy atom. The maximum Gasteiger partial charge on any atom is 0.251 e. The number of hydrogen-bond acceptors (Lipinski definition) is 3. The summed E-state index contributed by atoms with van der Waals surface area (Å²) in [5, 5.41) is 9.34. The van der Waals surface area contributed by atoms with Gasteiger partial charge in [-0.05, 0) is 38.1 Å². The molecule has 2 aromatic rings. The number of rotatable bonds is 8. The lowest BCUT2D eigenvalue weighted by Gasteiger charge is -2.12. The average molecular weight is 353 g/mol. The van der Waals surface area contributed by atoms with Crippen LogP contribution >= 0.6 is 0 Å². The van der Waals surface area contributed by atoms with Gasteiger partial charge in [0.25, 0.3) is 5.91 Å². The molecule has 3 N–H and O–H groups in total. The predicted molar refractivity (Wildman–Crippen MR) is 105 cm³/mol. The Morgan fingerprint density at radius 2 is 1.92 bits per heavy atom. The smallest absolute Gasteiger partial charge is 0.251 e. The first-order chi connectivity index (χ1) is 12.7. The fourth-order valence-electron chi connectivity index (χ4n) is 2.42. The minimum absolute atomic E-state index is 0.0624. The highest BCUT2D eigenvalue weighted by molar-refractivity contribution is 5.94. The number of carbonyl (C=O) groups is 1. The Kier molecular flexibility index (Phi) is 8.12. The molecule has 0 unspecified atom stereocenters. The molecule has 0 spiro atoms. The van der Waals surface area contributed by atoms with E-state index in [-0.39, 0.29) is 5.91 Å². The summed E-state index contributed by atoms with van der Waals surface area (Å²) in [6, 6.07) is 13.4. The van der Waals surface area contributed by atoms with E-state index in [0.717, 1.165) is 30.2 Å². The largest absolute Gasteiger partial charge is 0.357 e. The summed E-state index contributed by atoms with van der Waals surface area (Å²) in [5.41, 5.74) is 2.78. The van der Waals surface area contributed by atoms with Gasteiger partial charge in [0.1, 0.15) is 0 Å². The molecule has 26 heavy (non-hydrogen) atoms. The van der Waals surface area contributed by atoms with Gasteiger partial charge in [0.05, 0.1) is 0 Å².